The fraction of sp³-hybridized carbons (Fsp3) is 0.263. The molecule has 16 heteroatoms. The van der Waals surface area contributed by atoms with Crippen molar-refractivity contribution >= 4 is 101 Å². The van der Waals surface area contributed by atoms with Crippen LogP contribution in [0.2, 0.25) is 15.2 Å². The number of sulfone groups is 1. The number of aromatic nitrogens is 5. The SMILES string of the molecule is CS(=O)(=O)c1nc(N2CCNCC2)c2cc(Cl)nc(Oc3c(Cl)c(Cl)cc4c3cnn4PI)c2n1. The van der Waals surface area contributed by atoms with Crippen molar-refractivity contribution in [3.63, 3.8) is 0 Å². The van der Waals surface area contributed by atoms with E-state index in [0.717, 1.165) is 24.9 Å². The Morgan fingerprint density at radius 1 is 1.11 bits per heavy atom. The molecule has 10 nitrogen and oxygen atoms in total. The molecule has 3 aromatic heterocycles. The molecule has 1 unspecified atom stereocenters. The number of hydrogen-bond acceptors (Lipinski definition) is 9. The molecule has 0 aliphatic carbocycles. The van der Waals surface area contributed by atoms with Crippen molar-refractivity contribution < 1.29 is 13.2 Å². The van der Waals surface area contributed by atoms with Crippen LogP contribution in [0.15, 0.2) is 23.5 Å². The van der Waals surface area contributed by atoms with Crippen molar-refractivity contribution in [3.05, 3.63) is 33.5 Å². The molecule has 0 saturated carbocycles. The first-order valence-electron chi connectivity index (χ1n) is 10.1. The molecule has 4 heterocycles. The second kappa shape index (κ2) is 9.88. The minimum atomic E-state index is -3.75. The summed E-state index contributed by atoms with van der Waals surface area (Å²) in [5, 5.41) is 8.95. The number of piperazine rings is 1. The molecule has 0 bridgehead atoms. The van der Waals surface area contributed by atoms with Crippen LogP contribution in [0.1, 0.15) is 0 Å². The van der Waals surface area contributed by atoms with Gasteiger partial charge in [-0.3, -0.25) is 0 Å². The fourth-order valence-electron chi connectivity index (χ4n) is 3.74. The number of halogens is 4. The molecule has 1 fully saturated rings. The van der Waals surface area contributed by atoms with E-state index in [4.69, 9.17) is 39.5 Å². The number of nitrogens with zero attached hydrogens (tertiary/aromatic N) is 6. The number of fused-ring (bicyclic) bond motifs is 2. The van der Waals surface area contributed by atoms with Gasteiger partial charge in [-0.2, -0.15) is 10.1 Å². The van der Waals surface area contributed by atoms with Crippen LogP contribution in [0.4, 0.5) is 5.82 Å². The van der Waals surface area contributed by atoms with Gasteiger partial charge in [0.25, 0.3) is 0 Å². The maximum Gasteiger partial charge on any atom is 0.249 e. The minimum Gasteiger partial charge on any atom is -0.435 e. The Labute approximate surface area is 229 Å². The minimum absolute atomic E-state index is 0.0219. The van der Waals surface area contributed by atoms with Gasteiger partial charge < -0.3 is 15.0 Å². The molecule has 1 aliphatic heterocycles. The summed E-state index contributed by atoms with van der Waals surface area (Å²) < 4.78 is 32.9. The van der Waals surface area contributed by atoms with Crippen molar-refractivity contribution in [1.29, 1.82) is 0 Å². The Morgan fingerprint density at radius 3 is 2.54 bits per heavy atom. The predicted molar refractivity (Wildman–Crippen MR) is 148 cm³/mol. The zero-order valence-electron chi connectivity index (χ0n) is 17.9. The predicted octanol–water partition coefficient (Wildman–Crippen LogP) is 4.73. The van der Waals surface area contributed by atoms with Crippen LogP contribution in [0.5, 0.6) is 11.6 Å². The lowest BCUT2D eigenvalue weighted by Gasteiger charge is -2.29. The summed E-state index contributed by atoms with van der Waals surface area (Å²) in [4.78, 5) is 15.0. The van der Waals surface area contributed by atoms with E-state index in [0.29, 0.717) is 36.1 Å². The highest BCUT2D eigenvalue weighted by Gasteiger charge is 2.25. The molecule has 4 aromatic rings. The van der Waals surface area contributed by atoms with Crippen LogP contribution in [0, 0.1) is 0 Å². The molecular weight excluding hydrogens is 671 g/mol. The number of ether oxygens (including phenoxy) is 1. The van der Waals surface area contributed by atoms with Crippen LogP contribution in [0.25, 0.3) is 21.8 Å². The monoisotopic (exact) mass is 685 g/mol. The molecule has 5 rings (SSSR count). The summed E-state index contributed by atoms with van der Waals surface area (Å²) in [6, 6.07) is 3.30. The zero-order valence-corrected chi connectivity index (χ0v) is 24.1. The Hall–Kier alpha value is -1.28. The second-order valence-corrected chi connectivity index (χ2v) is 12.8. The Balaban J connectivity index is 1.76. The van der Waals surface area contributed by atoms with E-state index < -0.39 is 9.84 Å². The van der Waals surface area contributed by atoms with Crippen LogP contribution in [0.3, 0.4) is 0 Å². The van der Waals surface area contributed by atoms with Crippen molar-refractivity contribution in [3.8, 4) is 11.6 Å². The number of rotatable bonds is 5. The molecule has 0 spiro atoms. The van der Waals surface area contributed by atoms with E-state index in [9.17, 15) is 8.42 Å². The number of nitrogens with one attached hydrogen (secondary N) is 1. The zero-order chi connectivity index (χ0) is 24.9. The maximum absolute atomic E-state index is 12.5. The Kier molecular flexibility index (Phi) is 7.16. The van der Waals surface area contributed by atoms with Gasteiger partial charge in [0.15, 0.2) is 5.75 Å². The largest absolute Gasteiger partial charge is 0.435 e. The van der Waals surface area contributed by atoms with E-state index in [-0.39, 0.29) is 37.5 Å². The van der Waals surface area contributed by atoms with Gasteiger partial charge in [0.2, 0.25) is 20.9 Å². The van der Waals surface area contributed by atoms with Crippen LogP contribution in [-0.4, -0.2) is 65.4 Å². The Bertz CT molecular complexity index is 1580. The van der Waals surface area contributed by atoms with Gasteiger partial charge in [-0.05, 0) is 34.2 Å². The lowest BCUT2D eigenvalue weighted by Crippen LogP contribution is -2.44. The molecule has 35 heavy (non-hydrogen) atoms. The van der Waals surface area contributed by atoms with Gasteiger partial charge in [0, 0.05) is 32.4 Å². The van der Waals surface area contributed by atoms with E-state index in [1.165, 1.54) is 0 Å². The van der Waals surface area contributed by atoms with E-state index >= 15 is 0 Å². The molecule has 1 N–H and O–H groups in total. The summed E-state index contributed by atoms with van der Waals surface area (Å²) in [6.07, 6.45) is 3.00. The quantitative estimate of drug-likeness (QED) is 0.138. The number of benzene rings is 1. The highest BCUT2D eigenvalue weighted by atomic mass is 127. The smallest absolute Gasteiger partial charge is 0.249 e. The summed E-state index contributed by atoms with van der Waals surface area (Å²) in [5.74, 6) is 0.632. The second-order valence-electron chi connectivity index (χ2n) is 7.66. The molecular formula is C19H16Cl3IN7O3PS. The number of hydrogen-bond donors (Lipinski definition) is 1. The average Bonchev–Trinajstić information content (AvgIpc) is 3.23. The van der Waals surface area contributed by atoms with Gasteiger partial charge in [0.05, 0.1) is 33.9 Å². The molecule has 0 radical (unpaired) electrons. The molecule has 1 saturated heterocycles. The normalized spacial score (nSPS) is 15.1. The van der Waals surface area contributed by atoms with Gasteiger partial charge in [-0.15, -0.1) is 0 Å². The third kappa shape index (κ3) is 4.86. The summed E-state index contributed by atoms with van der Waals surface area (Å²) >= 11 is 21.5. The molecule has 1 aromatic carbocycles. The highest BCUT2D eigenvalue weighted by Crippen LogP contribution is 2.44. The lowest BCUT2D eigenvalue weighted by molar-refractivity contribution is 0.473. The molecule has 1 atom stereocenters. The number of pyridine rings is 1. The highest BCUT2D eigenvalue weighted by molar-refractivity contribution is 14.2. The fourth-order valence-corrected chi connectivity index (χ4v) is 6.35. The topological polar surface area (TPSA) is 115 Å². The first-order valence-corrected chi connectivity index (χ1v) is 17.2. The lowest BCUT2D eigenvalue weighted by atomic mass is 10.2. The van der Waals surface area contributed by atoms with Gasteiger partial charge in [-0.1, -0.05) is 34.8 Å². The van der Waals surface area contributed by atoms with E-state index in [2.05, 4.69) is 47.4 Å². The summed E-state index contributed by atoms with van der Waals surface area (Å²) in [7, 11) is -3.75. The summed E-state index contributed by atoms with van der Waals surface area (Å²) in [5.41, 5.74) is 0.909. The first kappa shape index (κ1) is 25.4. The maximum atomic E-state index is 12.5. The van der Waals surface area contributed by atoms with Crippen molar-refractivity contribution in [2.75, 3.05) is 37.3 Å². The van der Waals surface area contributed by atoms with Crippen LogP contribution >= 0.6 is 63.2 Å². The third-order valence-electron chi connectivity index (χ3n) is 5.33. The van der Waals surface area contributed by atoms with Gasteiger partial charge >= 0.3 is 0 Å². The first-order chi connectivity index (χ1) is 16.7. The van der Waals surface area contributed by atoms with Gasteiger partial charge in [0.1, 0.15) is 21.5 Å². The van der Waals surface area contributed by atoms with E-state index in [1.807, 2.05) is 4.90 Å². The third-order valence-corrected chi connectivity index (χ3v) is 9.03. The van der Waals surface area contributed by atoms with Crippen LogP contribution < -0.4 is 15.0 Å². The van der Waals surface area contributed by atoms with Crippen molar-refractivity contribution in [2.24, 2.45) is 0 Å². The molecule has 1 aliphatic rings. The van der Waals surface area contributed by atoms with Crippen molar-refractivity contribution in [2.45, 2.75) is 5.16 Å². The van der Waals surface area contributed by atoms with Crippen LogP contribution in [-0.2, 0) is 9.84 Å². The number of anilines is 1. The van der Waals surface area contributed by atoms with Gasteiger partial charge in [-0.25, -0.2) is 22.8 Å². The average molecular weight is 687 g/mol. The molecule has 0 amide bonds. The molecule has 184 valence electrons. The van der Waals surface area contributed by atoms with E-state index in [1.54, 1.807) is 22.8 Å². The Morgan fingerprint density at radius 2 is 1.86 bits per heavy atom. The standard InChI is InChI=1S/C19H16Cl3IN7O3PS/c1-35(31,32)19-27-15-9(17(28-19)29-4-2-24-3-5-29)6-13(21)26-18(15)33-16-10-8-25-30(34-23)12(10)7-11(20)14(16)22/h6-8,24,34H,2-5H2,1H3. The summed E-state index contributed by atoms with van der Waals surface area (Å²) in [6.45, 7) is 2.70. The van der Waals surface area contributed by atoms with Crippen molar-refractivity contribution in [1.82, 2.24) is 29.8 Å².